The molecule has 0 fully saturated rings. The molecular formula is C14H20F3NO2. The molecule has 0 heterocycles. The van der Waals surface area contributed by atoms with Crippen molar-refractivity contribution in [2.45, 2.75) is 51.7 Å². The summed E-state index contributed by atoms with van der Waals surface area (Å²) in [5.74, 6) is -0.252. The highest BCUT2D eigenvalue weighted by molar-refractivity contribution is 5.28. The first kappa shape index (κ1) is 16.8. The fourth-order valence-electron chi connectivity index (χ4n) is 1.39. The third-order valence-electron chi connectivity index (χ3n) is 3.40. The Balaban J connectivity index is 2.73. The molecule has 0 amide bonds. The van der Waals surface area contributed by atoms with Crippen molar-refractivity contribution in [3.63, 3.8) is 0 Å². The molecule has 1 aromatic rings. The first-order valence-electron chi connectivity index (χ1n) is 6.23. The average molecular weight is 291 g/mol. The summed E-state index contributed by atoms with van der Waals surface area (Å²) in [6, 6.07) is 5.75. The Kier molecular flexibility index (Phi) is 4.71. The maximum atomic E-state index is 12.1. The fourth-order valence-corrected chi connectivity index (χ4v) is 1.39. The molecule has 0 saturated carbocycles. The zero-order chi connectivity index (χ0) is 15.6. The van der Waals surface area contributed by atoms with Gasteiger partial charge in [-0.25, -0.2) is 0 Å². The van der Waals surface area contributed by atoms with E-state index in [9.17, 15) is 18.3 Å². The second-order valence-corrected chi connectivity index (χ2v) is 5.73. The second kappa shape index (κ2) is 5.61. The van der Waals surface area contributed by atoms with Crippen molar-refractivity contribution < 1.29 is 23.0 Å². The monoisotopic (exact) mass is 291 g/mol. The van der Waals surface area contributed by atoms with E-state index < -0.39 is 17.5 Å². The van der Waals surface area contributed by atoms with Gasteiger partial charge in [-0.15, -0.1) is 13.2 Å². The van der Waals surface area contributed by atoms with Gasteiger partial charge in [-0.05, 0) is 45.4 Å². The van der Waals surface area contributed by atoms with Crippen LogP contribution in [-0.2, 0) is 6.54 Å². The Hall–Kier alpha value is -1.27. The lowest BCUT2D eigenvalue weighted by molar-refractivity contribution is -0.274. The maximum Gasteiger partial charge on any atom is 0.573 e. The van der Waals surface area contributed by atoms with E-state index in [0.29, 0.717) is 12.1 Å². The lowest BCUT2D eigenvalue weighted by Gasteiger charge is -2.38. The minimum atomic E-state index is -4.70. The van der Waals surface area contributed by atoms with E-state index in [1.165, 1.54) is 18.2 Å². The standard InChI is InChI=1S/C14H20F3NO2/c1-12(2,13(3,4)19)18-9-10-6-5-7-11(8-10)20-14(15,16)17/h5-8,18-19H,9H2,1-4H3. The molecule has 0 aliphatic carbocycles. The third kappa shape index (κ3) is 5.02. The van der Waals surface area contributed by atoms with Crippen LogP contribution in [0.1, 0.15) is 33.3 Å². The maximum absolute atomic E-state index is 12.1. The Morgan fingerprint density at radius 2 is 1.75 bits per heavy atom. The SMILES string of the molecule is CC(C)(O)C(C)(C)NCc1cccc(OC(F)(F)F)c1. The molecule has 114 valence electrons. The van der Waals surface area contributed by atoms with Gasteiger partial charge in [-0.2, -0.15) is 0 Å². The van der Waals surface area contributed by atoms with Crippen molar-refractivity contribution in [1.29, 1.82) is 0 Å². The predicted octanol–water partition coefficient (Wildman–Crippen LogP) is 3.22. The largest absolute Gasteiger partial charge is 0.573 e. The van der Waals surface area contributed by atoms with Crippen molar-refractivity contribution >= 4 is 0 Å². The molecule has 0 spiro atoms. The van der Waals surface area contributed by atoms with Gasteiger partial charge < -0.3 is 15.2 Å². The van der Waals surface area contributed by atoms with Gasteiger partial charge in [-0.3, -0.25) is 0 Å². The smallest absolute Gasteiger partial charge is 0.406 e. The summed E-state index contributed by atoms with van der Waals surface area (Å²) >= 11 is 0. The van der Waals surface area contributed by atoms with Crippen molar-refractivity contribution in [3.05, 3.63) is 29.8 Å². The van der Waals surface area contributed by atoms with Crippen LogP contribution in [0.3, 0.4) is 0 Å². The summed E-state index contributed by atoms with van der Waals surface area (Å²) in [6.07, 6.45) is -4.70. The van der Waals surface area contributed by atoms with Gasteiger partial charge in [0.25, 0.3) is 0 Å². The Labute approximate surface area is 116 Å². The molecule has 6 heteroatoms. The molecule has 0 atom stereocenters. The Morgan fingerprint density at radius 3 is 2.25 bits per heavy atom. The van der Waals surface area contributed by atoms with Crippen molar-refractivity contribution in [1.82, 2.24) is 5.32 Å². The van der Waals surface area contributed by atoms with E-state index >= 15 is 0 Å². The molecule has 20 heavy (non-hydrogen) atoms. The van der Waals surface area contributed by atoms with Crippen LogP contribution in [0.2, 0.25) is 0 Å². The van der Waals surface area contributed by atoms with E-state index in [2.05, 4.69) is 10.1 Å². The van der Waals surface area contributed by atoms with Gasteiger partial charge in [0.15, 0.2) is 0 Å². The molecule has 3 nitrogen and oxygen atoms in total. The van der Waals surface area contributed by atoms with Crippen LogP contribution >= 0.6 is 0 Å². The number of halogens is 3. The van der Waals surface area contributed by atoms with Crippen LogP contribution in [0.25, 0.3) is 0 Å². The molecule has 2 N–H and O–H groups in total. The van der Waals surface area contributed by atoms with Crippen LogP contribution in [0, 0.1) is 0 Å². The molecule has 0 unspecified atom stereocenters. The van der Waals surface area contributed by atoms with Crippen LogP contribution < -0.4 is 10.1 Å². The highest BCUT2D eigenvalue weighted by atomic mass is 19.4. The van der Waals surface area contributed by atoms with E-state index in [0.717, 1.165) is 0 Å². The summed E-state index contributed by atoms with van der Waals surface area (Å²) in [4.78, 5) is 0. The first-order chi connectivity index (χ1) is 8.91. The summed E-state index contributed by atoms with van der Waals surface area (Å²) in [7, 11) is 0. The number of rotatable bonds is 5. The number of benzene rings is 1. The van der Waals surface area contributed by atoms with Gasteiger partial charge in [0.2, 0.25) is 0 Å². The highest BCUT2D eigenvalue weighted by Gasteiger charge is 2.34. The number of aliphatic hydroxyl groups is 1. The van der Waals surface area contributed by atoms with E-state index in [-0.39, 0.29) is 5.75 Å². The molecule has 0 aromatic heterocycles. The molecule has 0 radical (unpaired) electrons. The van der Waals surface area contributed by atoms with Crippen molar-refractivity contribution in [3.8, 4) is 5.75 Å². The molecule has 0 aliphatic rings. The van der Waals surface area contributed by atoms with Gasteiger partial charge in [0.1, 0.15) is 5.75 Å². The lowest BCUT2D eigenvalue weighted by atomic mass is 9.86. The van der Waals surface area contributed by atoms with Gasteiger partial charge >= 0.3 is 6.36 Å². The number of nitrogens with one attached hydrogen (secondary N) is 1. The summed E-state index contributed by atoms with van der Waals surface area (Å²) in [5.41, 5.74) is -0.912. The van der Waals surface area contributed by atoms with Crippen LogP contribution in [0.4, 0.5) is 13.2 Å². The van der Waals surface area contributed by atoms with Gasteiger partial charge in [0, 0.05) is 12.1 Å². The predicted molar refractivity (Wildman–Crippen MR) is 70.3 cm³/mol. The Morgan fingerprint density at radius 1 is 1.15 bits per heavy atom. The fraction of sp³-hybridized carbons (Fsp3) is 0.571. The third-order valence-corrected chi connectivity index (χ3v) is 3.40. The normalized spacial score (nSPS) is 13.4. The van der Waals surface area contributed by atoms with Gasteiger partial charge in [-0.1, -0.05) is 12.1 Å². The summed E-state index contributed by atoms with van der Waals surface area (Å²) in [5, 5.41) is 13.1. The average Bonchev–Trinajstić information content (AvgIpc) is 2.23. The second-order valence-electron chi connectivity index (χ2n) is 5.73. The summed E-state index contributed by atoms with van der Waals surface area (Å²) < 4.78 is 40.3. The molecular weight excluding hydrogens is 271 g/mol. The van der Waals surface area contributed by atoms with Crippen molar-refractivity contribution in [2.24, 2.45) is 0 Å². The molecule has 0 bridgehead atoms. The summed E-state index contributed by atoms with van der Waals surface area (Å²) in [6.45, 7) is 7.31. The highest BCUT2D eigenvalue weighted by Crippen LogP contribution is 2.24. The number of ether oxygens (including phenoxy) is 1. The molecule has 0 saturated heterocycles. The van der Waals surface area contributed by atoms with E-state index in [4.69, 9.17) is 0 Å². The molecule has 0 aliphatic heterocycles. The lowest BCUT2D eigenvalue weighted by Crippen LogP contribution is -2.55. The quantitative estimate of drug-likeness (QED) is 0.875. The number of alkyl halides is 3. The van der Waals surface area contributed by atoms with Gasteiger partial charge in [0.05, 0.1) is 5.60 Å². The van der Waals surface area contributed by atoms with Crippen molar-refractivity contribution in [2.75, 3.05) is 0 Å². The zero-order valence-corrected chi connectivity index (χ0v) is 12.0. The van der Waals surface area contributed by atoms with Crippen LogP contribution in [-0.4, -0.2) is 22.6 Å². The zero-order valence-electron chi connectivity index (χ0n) is 12.0. The van der Waals surface area contributed by atoms with E-state index in [1.54, 1.807) is 19.9 Å². The molecule has 1 aromatic carbocycles. The molecule has 1 rings (SSSR count). The minimum absolute atomic E-state index is 0.252. The number of hydrogen-bond acceptors (Lipinski definition) is 3. The topological polar surface area (TPSA) is 41.5 Å². The van der Waals surface area contributed by atoms with Crippen LogP contribution in [0.5, 0.6) is 5.75 Å². The van der Waals surface area contributed by atoms with E-state index in [1.807, 2.05) is 13.8 Å². The van der Waals surface area contributed by atoms with Crippen LogP contribution in [0.15, 0.2) is 24.3 Å². The first-order valence-corrected chi connectivity index (χ1v) is 6.23. The number of hydrogen-bond donors (Lipinski definition) is 2. The Bertz CT molecular complexity index is 450. The minimum Gasteiger partial charge on any atom is -0.406 e.